The van der Waals surface area contributed by atoms with Crippen LogP contribution in [0.5, 0.6) is 5.75 Å². The molecule has 0 aromatic heterocycles. The molecule has 2 heterocycles. The van der Waals surface area contributed by atoms with E-state index >= 15 is 0 Å². The van der Waals surface area contributed by atoms with E-state index in [4.69, 9.17) is 26.2 Å². The molecule has 7 nitrogen and oxygen atoms in total. The highest BCUT2D eigenvalue weighted by Gasteiger charge is 2.43. The Bertz CT molecular complexity index is 1120. The lowest BCUT2D eigenvalue weighted by molar-refractivity contribution is -0.192. The molecule has 12 heteroatoms. The number of hydrogen-bond donors (Lipinski definition) is 3. The van der Waals surface area contributed by atoms with E-state index in [9.17, 15) is 32.6 Å². The molecule has 2 aromatic rings. The molecule has 2 aliphatic rings. The number of aliphatic carboxylic acids is 2. The number of carbonyl (C=O) groups is 2. The Morgan fingerprint density at radius 2 is 1.72 bits per heavy atom. The molecule has 0 saturated carbocycles. The lowest BCUT2D eigenvalue weighted by Crippen LogP contribution is -2.45. The number of piperidine rings is 1. The number of phenols is 1. The van der Waals surface area contributed by atoms with Crippen molar-refractivity contribution in [2.75, 3.05) is 19.6 Å². The van der Waals surface area contributed by atoms with Crippen LogP contribution in [0.4, 0.5) is 17.6 Å². The molecule has 0 radical (unpaired) electrons. The molecule has 1 spiro atoms. The number of halogens is 5. The SMILES string of the molecule is O=C(O)C(Cc1c(Cl)ccc(O)c1F)CN1CCC2(CC1)OCc1ccccc12.O=C(O)C(F)(F)F. The van der Waals surface area contributed by atoms with Crippen molar-refractivity contribution in [3.63, 3.8) is 0 Å². The molecule has 3 N–H and O–H groups in total. The maximum Gasteiger partial charge on any atom is 0.490 e. The summed E-state index contributed by atoms with van der Waals surface area (Å²) in [7, 11) is 0. The Morgan fingerprint density at radius 3 is 2.31 bits per heavy atom. The number of hydrogen-bond acceptors (Lipinski definition) is 5. The Balaban J connectivity index is 0.000000454. The third kappa shape index (κ3) is 6.26. The quantitative estimate of drug-likeness (QED) is 0.483. The fourth-order valence-electron chi connectivity index (χ4n) is 4.46. The van der Waals surface area contributed by atoms with Crippen LogP contribution in [0.15, 0.2) is 36.4 Å². The van der Waals surface area contributed by atoms with E-state index in [0.29, 0.717) is 26.2 Å². The zero-order chi connectivity index (χ0) is 26.7. The molecule has 36 heavy (non-hydrogen) atoms. The topological polar surface area (TPSA) is 107 Å². The largest absolute Gasteiger partial charge is 0.505 e. The summed E-state index contributed by atoms with van der Waals surface area (Å²) < 4.78 is 52.1. The number of ether oxygens (including phenoxy) is 1. The zero-order valence-corrected chi connectivity index (χ0v) is 19.7. The summed E-state index contributed by atoms with van der Waals surface area (Å²) in [6, 6.07) is 10.8. The van der Waals surface area contributed by atoms with Crippen molar-refractivity contribution in [2.45, 2.75) is 37.6 Å². The fourth-order valence-corrected chi connectivity index (χ4v) is 4.68. The van der Waals surface area contributed by atoms with Gasteiger partial charge in [-0.25, -0.2) is 9.18 Å². The predicted octanol–water partition coefficient (Wildman–Crippen LogP) is 4.58. The lowest BCUT2D eigenvalue weighted by atomic mass is 9.83. The van der Waals surface area contributed by atoms with Gasteiger partial charge in [0, 0.05) is 30.2 Å². The molecule has 196 valence electrons. The molecule has 0 aliphatic carbocycles. The van der Waals surface area contributed by atoms with Gasteiger partial charge in [-0.1, -0.05) is 35.9 Å². The highest BCUT2D eigenvalue weighted by Crippen LogP contribution is 2.44. The number of carboxylic acid groups (broad SMARTS) is 2. The van der Waals surface area contributed by atoms with Gasteiger partial charge in [0.25, 0.3) is 0 Å². The van der Waals surface area contributed by atoms with E-state index in [1.54, 1.807) is 0 Å². The van der Waals surface area contributed by atoms with E-state index in [0.717, 1.165) is 12.8 Å². The zero-order valence-electron chi connectivity index (χ0n) is 18.9. The highest BCUT2D eigenvalue weighted by atomic mass is 35.5. The van der Waals surface area contributed by atoms with Crippen molar-refractivity contribution in [2.24, 2.45) is 5.92 Å². The van der Waals surface area contributed by atoms with Crippen molar-refractivity contribution in [3.8, 4) is 5.75 Å². The molecular formula is C24H24ClF4NO6. The summed E-state index contributed by atoms with van der Waals surface area (Å²) in [4.78, 5) is 22.8. The Hall–Kier alpha value is -2.89. The first-order valence-corrected chi connectivity index (χ1v) is 11.4. The standard InChI is InChI=1S/C22H23ClFNO4.C2HF3O2/c23-18-5-6-19(26)20(24)16(18)11-15(21(27)28)12-25-9-7-22(8-10-25)17-4-2-1-3-14(17)13-29-22;3-2(4,5)1(6)7/h1-6,15,26H,7-13H2,(H,27,28);(H,6,7). The van der Waals surface area contributed by atoms with Gasteiger partial charge in [0.1, 0.15) is 0 Å². The van der Waals surface area contributed by atoms with Gasteiger partial charge in [-0.15, -0.1) is 0 Å². The van der Waals surface area contributed by atoms with Crippen LogP contribution < -0.4 is 0 Å². The van der Waals surface area contributed by atoms with Crippen LogP contribution in [0.25, 0.3) is 0 Å². The summed E-state index contributed by atoms with van der Waals surface area (Å²) >= 11 is 6.05. The van der Waals surface area contributed by atoms with E-state index in [-0.39, 0.29) is 22.6 Å². The van der Waals surface area contributed by atoms with Gasteiger partial charge in [-0.2, -0.15) is 13.2 Å². The Kier molecular flexibility index (Phi) is 8.48. The number of fused-ring (bicyclic) bond motifs is 2. The Morgan fingerprint density at radius 1 is 1.11 bits per heavy atom. The third-order valence-electron chi connectivity index (χ3n) is 6.36. The van der Waals surface area contributed by atoms with Crippen LogP contribution >= 0.6 is 11.6 Å². The number of phenolic OH excluding ortho intramolecular Hbond substituents is 1. The van der Waals surface area contributed by atoms with E-state index in [1.807, 2.05) is 12.1 Å². The first kappa shape index (κ1) is 27.7. The average molecular weight is 534 g/mol. The number of alkyl halides is 3. The monoisotopic (exact) mass is 533 g/mol. The highest BCUT2D eigenvalue weighted by molar-refractivity contribution is 6.31. The van der Waals surface area contributed by atoms with Crippen molar-refractivity contribution in [3.05, 3.63) is 63.9 Å². The van der Waals surface area contributed by atoms with Gasteiger partial charge in [-0.05, 0) is 42.5 Å². The normalized spacial score (nSPS) is 17.7. The van der Waals surface area contributed by atoms with Crippen molar-refractivity contribution in [1.29, 1.82) is 0 Å². The molecule has 1 fully saturated rings. The second-order valence-electron chi connectivity index (χ2n) is 8.64. The first-order chi connectivity index (χ1) is 16.8. The minimum atomic E-state index is -5.08. The molecule has 0 bridgehead atoms. The summed E-state index contributed by atoms with van der Waals surface area (Å²) in [5.74, 6) is -5.96. The minimum Gasteiger partial charge on any atom is -0.505 e. The molecule has 1 atom stereocenters. The summed E-state index contributed by atoms with van der Waals surface area (Å²) in [5, 5.41) is 26.5. The average Bonchev–Trinajstić information content (AvgIpc) is 3.18. The van der Waals surface area contributed by atoms with Gasteiger partial charge in [0.2, 0.25) is 0 Å². The first-order valence-electron chi connectivity index (χ1n) is 11.0. The number of rotatable bonds is 5. The van der Waals surface area contributed by atoms with Crippen LogP contribution in [0.3, 0.4) is 0 Å². The predicted molar refractivity (Wildman–Crippen MR) is 120 cm³/mol. The van der Waals surface area contributed by atoms with Crippen LogP contribution in [0.1, 0.15) is 29.5 Å². The van der Waals surface area contributed by atoms with E-state index in [1.165, 1.54) is 23.3 Å². The summed E-state index contributed by atoms with van der Waals surface area (Å²) in [6.45, 7) is 2.31. The van der Waals surface area contributed by atoms with Crippen LogP contribution in [0.2, 0.25) is 5.02 Å². The van der Waals surface area contributed by atoms with Crippen molar-refractivity contribution < 1.29 is 47.2 Å². The van der Waals surface area contributed by atoms with Gasteiger partial charge in [-0.3, -0.25) is 4.79 Å². The molecule has 1 unspecified atom stereocenters. The molecule has 0 amide bonds. The number of likely N-dealkylation sites (tertiary alicyclic amines) is 1. The van der Waals surface area contributed by atoms with Gasteiger partial charge in [0.05, 0.1) is 18.1 Å². The smallest absolute Gasteiger partial charge is 0.490 e. The number of carboxylic acids is 2. The molecular weight excluding hydrogens is 510 g/mol. The second kappa shape index (κ2) is 11.0. The van der Waals surface area contributed by atoms with Crippen molar-refractivity contribution >= 4 is 23.5 Å². The van der Waals surface area contributed by atoms with E-state index in [2.05, 4.69) is 17.0 Å². The number of benzene rings is 2. The van der Waals surface area contributed by atoms with Gasteiger partial charge >= 0.3 is 18.1 Å². The summed E-state index contributed by atoms with van der Waals surface area (Å²) in [5.41, 5.74) is 2.22. The van der Waals surface area contributed by atoms with Crippen LogP contribution in [-0.2, 0) is 33.0 Å². The minimum absolute atomic E-state index is 0.0422. The molecule has 2 aliphatic heterocycles. The maximum absolute atomic E-state index is 14.2. The maximum atomic E-state index is 14.2. The molecule has 2 aromatic carbocycles. The van der Waals surface area contributed by atoms with Crippen molar-refractivity contribution in [1.82, 2.24) is 4.90 Å². The fraction of sp³-hybridized carbons (Fsp3) is 0.417. The second-order valence-corrected chi connectivity index (χ2v) is 9.05. The van der Waals surface area contributed by atoms with Crippen LogP contribution in [0, 0.1) is 11.7 Å². The number of nitrogens with zero attached hydrogens (tertiary/aromatic N) is 1. The molecule has 1 saturated heterocycles. The third-order valence-corrected chi connectivity index (χ3v) is 6.72. The summed E-state index contributed by atoms with van der Waals surface area (Å²) in [6.07, 6.45) is -3.58. The van der Waals surface area contributed by atoms with E-state index < -0.39 is 35.6 Å². The molecule has 4 rings (SSSR count). The Labute approximate surface area is 208 Å². The van der Waals surface area contributed by atoms with Gasteiger partial charge < -0.3 is 25.0 Å². The van der Waals surface area contributed by atoms with Gasteiger partial charge in [0.15, 0.2) is 11.6 Å². The lowest BCUT2D eigenvalue weighted by Gasteiger charge is -2.40. The van der Waals surface area contributed by atoms with Crippen LogP contribution in [-0.4, -0.2) is 58.0 Å². The number of aromatic hydroxyl groups is 1.